The molecule has 1 saturated heterocycles. The zero-order chi connectivity index (χ0) is 35.7. The predicted octanol–water partition coefficient (Wildman–Crippen LogP) is 5.20. The fourth-order valence-electron chi connectivity index (χ4n) is 12.4. The zero-order valence-electron chi connectivity index (χ0n) is 29.9. The highest BCUT2D eigenvalue weighted by atomic mass is 32.3. The van der Waals surface area contributed by atoms with Crippen LogP contribution in [-0.2, 0) is 14.9 Å². The monoisotopic (exact) mass is 737 g/mol. The van der Waals surface area contributed by atoms with Crippen LogP contribution < -0.4 is 5.43 Å². The minimum Gasteiger partial charge on any atom is -0.481 e. The van der Waals surface area contributed by atoms with Crippen LogP contribution in [0.25, 0.3) is 0 Å². The fourth-order valence-corrected chi connectivity index (χ4v) is 14.2. The lowest BCUT2D eigenvalue weighted by molar-refractivity contribution is -0.570. The van der Waals surface area contributed by atoms with E-state index in [9.17, 15) is 36.5 Å². The summed E-state index contributed by atoms with van der Waals surface area (Å²) in [5, 5.41) is 11.0. The minimum absolute atomic E-state index is 0.102. The smallest absolute Gasteiger partial charge is 0.306 e. The summed E-state index contributed by atoms with van der Waals surface area (Å²) < 4.78 is 68.2. The van der Waals surface area contributed by atoms with Crippen LogP contribution in [0.4, 0.5) is 0 Å². The number of nitrogens with zero attached hydrogens (tertiary/aromatic N) is 3. The maximum atomic E-state index is 12.3. The quantitative estimate of drug-likeness (QED) is 0.162. The van der Waals surface area contributed by atoms with E-state index >= 15 is 0 Å². The lowest BCUT2D eigenvalue weighted by atomic mass is 9.66. The second-order valence-corrected chi connectivity index (χ2v) is 21.4. The van der Waals surface area contributed by atoms with Crippen LogP contribution in [0.2, 0.25) is 0 Å². The summed E-state index contributed by atoms with van der Waals surface area (Å²) in [6.45, 7) is 10.9. The molecule has 4 fully saturated rings. The first-order valence-electron chi connectivity index (χ1n) is 19.0. The molecule has 0 aromatic rings. The van der Waals surface area contributed by atoms with E-state index in [1.165, 1.54) is 22.6 Å². The Hall–Kier alpha value is -1.52. The van der Waals surface area contributed by atoms with Gasteiger partial charge in [-0.25, -0.2) is 9.58 Å². The summed E-state index contributed by atoms with van der Waals surface area (Å²) in [5.41, 5.74) is 8.66. The number of aliphatic carboxylic acids is 1. The number of allylic oxidation sites excluding steroid dienone is 1. The van der Waals surface area contributed by atoms with E-state index in [0.717, 1.165) is 51.6 Å². The van der Waals surface area contributed by atoms with E-state index in [4.69, 9.17) is 0 Å². The highest BCUT2D eigenvalue weighted by molar-refractivity contribution is 8.19. The molecular weight excluding hydrogens is 681 g/mol. The number of rotatable bonds is 5. The molecule has 8 atom stereocenters. The Morgan fingerprint density at radius 2 is 1.52 bits per heavy atom. The van der Waals surface area contributed by atoms with Crippen molar-refractivity contribution in [1.29, 1.82) is 0 Å². The van der Waals surface area contributed by atoms with Crippen molar-refractivity contribution in [3.8, 4) is 0 Å². The van der Waals surface area contributed by atoms with Crippen molar-refractivity contribution in [3.05, 3.63) is 22.9 Å². The number of carboxylic acid groups (broad SMARTS) is 1. The second kappa shape index (κ2) is 12.0. The first-order chi connectivity index (χ1) is 23.4. The molecule has 14 heteroatoms. The van der Waals surface area contributed by atoms with Crippen molar-refractivity contribution in [2.45, 2.75) is 145 Å². The highest BCUT2D eigenvalue weighted by Crippen LogP contribution is 2.61. The molecule has 0 spiro atoms. The molecule has 5 heterocycles. The van der Waals surface area contributed by atoms with Crippen LogP contribution in [0, 0.1) is 28.6 Å². The maximum Gasteiger partial charge on any atom is 0.306 e. The molecule has 6 N–H and O–H groups in total. The molecule has 8 aliphatic rings. The first-order valence-corrected chi connectivity index (χ1v) is 22.1. The van der Waals surface area contributed by atoms with Crippen molar-refractivity contribution < 1.29 is 41.1 Å². The van der Waals surface area contributed by atoms with Gasteiger partial charge in [-0.3, -0.25) is 14.8 Å². The fraction of sp³-hybridized carbons (Fsp3) is 0.833. The number of fused-ring (bicyclic) bond motifs is 8. The maximum absolute atomic E-state index is 12.3. The number of carboxylic acids is 1. The Kier molecular flexibility index (Phi) is 8.52. The average Bonchev–Trinajstić information content (AvgIpc) is 3.43. The SMILES string of the molecule is CC1(C)C2=C3C=C4C5=[N+](CCC4N(NC4CCC(C(=O)O)CC4)C3CCN2C2CCC(S(O)(O)O)CC21)C1CCC(S(=O)(=O)O)CC1C5(C)C. The molecule has 0 amide bonds. The summed E-state index contributed by atoms with van der Waals surface area (Å²) >= 11 is 0. The van der Waals surface area contributed by atoms with Gasteiger partial charge in [0.1, 0.15) is 6.54 Å². The Labute approximate surface area is 298 Å². The zero-order valence-corrected chi connectivity index (χ0v) is 31.5. The third-order valence-corrected chi connectivity index (χ3v) is 17.4. The van der Waals surface area contributed by atoms with Gasteiger partial charge in [0.05, 0.1) is 44.8 Å². The molecule has 8 unspecified atom stereocenters. The van der Waals surface area contributed by atoms with Crippen molar-refractivity contribution in [1.82, 2.24) is 15.3 Å². The van der Waals surface area contributed by atoms with Gasteiger partial charge >= 0.3 is 5.97 Å². The van der Waals surface area contributed by atoms with Gasteiger partial charge in [0.2, 0.25) is 0 Å². The van der Waals surface area contributed by atoms with E-state index in [2.05, 4.69) is 53.7 Å². The molecule has 0 aromatic heterocycles. The Morgan fingerprint density at radius 1 is 0.840 bits per heavy atom. The van der Waals surface area contributed by atoms with Gasteiger partial charge in [0.15, 0.2) is 11.8 Å². The largest absolute Gasteiger partial charge is 0.481 e. The molecule has 280 valence electrons. The molecule has 0 aromatic carbocycles. The topological polar surface area (TPSA) is 174 Å². The van der Waals surface area contributed by atoms with Gasteiger partial charge < -0.3 is 23.7 Å². The Bertz CT molecular complexity index is 1640. The molecule has 5 aliphatic heterocycles. The van der Waals surface area contributed by atoms with Crippen LogP contribution in [0.15, 0.2) is 22.9 Å². The van der Waals surface area contributed by atoms with Gasteiger partial charge in [0.25, 0.3) is 10.1 Å². The van der Waals surface area contributed by atoms with E-state index in [-0.39, 0.29) is 58.8 Å². The van der Waals surface area contributed by atoms with Gasteiger partial charge in [0, 0.05) is 54.1 Å². The van der Waals surface area contributed by atoms with Crippen LogP contribution in [0.5, 0.6) is 0 Å². The third kappa shape index (κ3) is 5.48. The molecule has 3 aliphatic carbocycles. The predicted molar refractivity (Wildman–Crippen MR) is 192 cm³/mol. The minimum atomic E-state index is -4.12. The Balaban J connectivity index is 1.22. The van der Waals surface area contributed by atoms with Crippen LogP contribution in [0.3, 0.4) is 0 Å². The van der Waals surface area contributed by atoms with E-state index in [1.54, 1.807) is 0 Å². The summed E-state index contributed by atoms with van der Waals surface area (Å²) in [5.74, 6) is -0.721. The molecule has 0 radical (unpaired) electrons. The van der Waals surface area contributed by atoms with E-state index in [1.807, 2.05) is 0 Å². The van der Waals surface area contributed by atoms with Crippen LogP contribution in [0.1, 0.15) is 105 Å². The van der Waals surface area contributed by atoms with Gasteiger partial charge in [-0.2, -0.15) is 8.42 Å². The number of carbonyl (C=O) groups is 1. The second-order valence-electron chi connectivity index (χ2n) is 17.9. The standard InChI is InChI=1S/C36H56N4O8S2/c1-35(2)26-17-22(49(43,44)45)9-11-30(26)38-15-13-28-24(32(35)38)19-25-29(40(28)37-21-7-5-20(6-8-21)34(41)42)14-16-39-31-12-10-23(50(46,47)48)18-27(31)36(3,4)33(25)39/h19-23,26-31,37H,5-18H2,1-4H3,(H4-,41,42,43,44,45,46,47,48)/p+1. The molecule has 50 heavy (non-hydrogen) atoms. The molecule has 8 rings (SSSR count). The number of hydrogen-bond donors (Lipinski definition) is 6. The summed E-state index contributed by atoms with van der Waals surface area (Å²) in [6, 6.07) is 0.931. The van der Waals surface area contributed by atoms with Gasteiger partial charge in [-0.1, -0.05) is 13.8 Å². The van der Waals surface area contributed by atoms with Crippen molar-refractivity contribution in [3.63, 3.8) is 0 Å². The molecule has 0 bridgehead atoms. The van der Waals surface area contributed by atoms with Crippen LogP contribution in [-0.4, -0.2) is 112 Å². The van der Waals surface area contributed by atoms with Crippen molar-refractivity contribution in [2.75, 3.05) is 13.1 Å². The average molecular weight is 738 g/mol. The Morgan fingerprint density at radius 3 is 2.18 bits per heavy atom. The summed E-state index contributed by atoms with van der Waals surface area (Å²) in [6.07, 6.45) is 10.9. The normalized spacial score (nSPS) is 41.4. The highest BCUT2D eigenvalue weighted by Gasteiger charge is 2.63. The summed E-state index contributed by atoms with van der Waals surface area (Å²) in [4.78, 5) is 14.4. The number of hydrogen-bond acceptors (Lipinski definition) is 9. The lowest BCUT2D eigenvalue weighted by Crippen LogP contribution is -2.63. The molecular formula is C36H57N4O8S2+. The summed E-state index contributed by atoms with van der Waals surface area (Å²) in [7, 11) is -7.76. The van der Waals surface area contributed by atoms with E-state index < -0.39 is 37.5 Å². The van der Waals surface area contributed by atoms with Gasteiger partial charge in [-0.15, -0.1) is 0 Å². The number of hydrazine groups is 1. The number of nitrogens with one attached hydrogen (secondary N) is 1. The lowest BCUT2D eigenvalue weighted by Gasteiger charge is -2.51. The molecule has 12 nitrogen and oxygen atoms in total. The van der Waals surface area contributed by atoms with Crippen molar-refractivity contribution in [2.24, 2.45) is 28.6 Å². The van der Waals surface area contributed by atoms with E-state index in [0.29, 0.717) is 38.5 Å². The van der Waals surface area contributed by atoms with Crippen molar-refractivity contribution >= 4 is 32.7 Å². The first kappa shape index (κ1) is 35.5. The van der Waals surface area contributed by atoms with Gasteiger partial charge in [-0.05, 0) is 95.6 Å². The molecule has 3 saturated carbocycles. The van der Waals surface area contributed by atoms with Crippen LogP contribution >= 0.6 is 10.9 Å². The third-order valence-electron chi connectivity index (χ3n) is 14.8.